The second-order valence-electron chi connectivity index (χ2n) is 6.90. The molecule has 7 nitrogen and oxygen atoms in total. The number of rotatable bonds is 9. The summed E-state index contributed by atoms with van der Waals surface area (Å²) in [6, 6.07) is 21.5. The van der Waals surface area contributed by atoms with Crippen LogP contribution >= 0.6 is 11.8 Å². The van der Waals surface area contributed by atoms with Crippen LogP contribution in [0.3, 0.4) is 0 Å². The Kier molecular flexibility index (Phi) is 7.14. The third-order valence-electron chi connectivity index (χ3n) is 4.59. The normalized spacial score (nSPS) is 10.7. The van der Waals surface area contributed by atoms with Gasteiger partial charge in [0.25, 0.3) is 0 Å². The van der Waals surface area contributed by atoms with E-state index in [9.17, 15) is 4.79 Å². The van der Waals surface area contributed by atoms with E-state index in [2.05, 4.69) is 32.6 Å². The van der Waals surface area contributed by atoms with E-state index in [0.29, 0.717) is 23.9 Å². The van der Waals surface area contributed by atoms with Crippen LogP contribution in [0, 0.1) is 0 Å². The summed E-state index contributed by atoms with van der Waals surface area (Å²) < 4.78 is 7.56. The Morgan fingerprint density at radius 3 is 2.56 bits per heavy atom. The fourth-order valence-corrected chi connectivity index (χ4v) is 3.94. The van der Waals surface area contributed by atoms with Crippen molar-refractivity contribution in [2.75, 3.05) is 17.7 Å². The predicted octanol–water partition coefficient (Wildman–Crippen LogP) is 4.38. The molecular weight excluding hydrogens is 422 g/mol. The number of amides is 1. The number of nitrogens with zero attached hydrogens (tertiary/aromatic N) is 4. The first-order chi connectivity index (χ1) is 15.7. The summed E-state index contributed by atoms with van der Waals surface area (Å²) in [5, 5.41) is 12.3. The van der Waals surface area contributed by atoms with Gasteiger partial charge in [0.05, 0.1) is 24.2 Å². The zero-order chi connectivity index (χ0) is 22.2. The lowest BCUT2D eigenvalue weighted by molar-refractivity contribution is -0.113. The summed E-state index contributed by atoms with van der Waals surface area (Å²) in [6.45, 7) is 2.56. The minimum absolute atomic E-state index is 0.131. The topological polar surface area (TPSA) is 81.9 Å². The van der Waals surface area contributed by atoms with Crippen LogP contribution in [0.4, 0.5) is 5.69 Å². The number of hydrogen-bond acceptors (Lipinski definition) is 6. The third kappa shape index (κ3) is 5.53. The van der Waals surface area contributed by atoms with Gasteiger partial charge < -0.3 is 10.1 Å². The highest BCUT2D eigenvalue weighted by atomic mass is 32.2. The number of carbonyl (C=O) groups is 1. The van der Waals surface area contributed by atoms with Crippen molar-refractivity contribution in [3.05, 3.63) is 90.5 Å². The fourth-order valence-electron chi connectivity index (χ4n) is 3.17. The standard InChI is InChI=1S/C24H23N5O2S/c1-2-31-21-12-10-20(11-13-21)29-22(15-18-7-4-3-5-8-18)27-28-24(29)32-17-23(30)26-19-9-6-14-25-16-19/h3-14,16H,2,15,17H2,1H3,(H,26,30). The first-order valence-electron chi connectivity index (χ1n) is 10.3. The third-order valence-corrected chi connectivity index (χ3v) is 5.52. The molecule has 0 unspecified atom stereocenters. The number of ether oxygens (including phenoxy) is 1. The van der Waals surface area contributed by atoms with Crippen LogP contribution in [0.25, 0.3) is 5.69 Å². The van der Waals surface area contributed by atoms with Crippen LogP contribution < -0.4 is 10.1 Å². The molecule has 0 radical (unpaired) electrons. The maximum Gasteiger partial charge on any atom is 0.234 e. The van der Waals surface area contributed by atoms with Gasteiger partial charge in [-0.15, -0.1) is 10.2 Å². The molecule has 0 fully saturated rings. The molecular formula is C24H23N5O2S. The number of thioether (sulfide) groups is 1. The van der Waals surface area contributed by atoms with Crippen molar-refractivity contribution in [3.8, 4) is 11.4 Å². The van der Waals surface area contributed by atoms with Crippen LogP contribution in [-0.2, 0) is 11.2 Å². The van der Waals surface area contributed by atoms with Crippen molar-refractivity contribution in [1.29, 1.82) is 0 Å². The second-order valence-corrected chi connectivity index (χ2v) is 7.84. The zero-order valence-electron chi connectivity index (χ0n) is 17.6. The van der Waals surface area contributed by atoms with Gasteiger partial charge >= 0.3 is 0 Å². The van der Waals surface area contributed by atoms with Crippen LogP contribution in [0.5, 0.6) is 5.75 Å². The first kappa shape index (κ1) is 21.6. The molecule has 32 heavy (non-hydrogen) atoms. The van der Waals surface area contributed by atoms with Crippen LogP contribution in [0.1, 0.15) is 18.3 Å². The number of carbonyl (C=O) groups excluding carboxylic acids is 1. The molecule has 0 saturated carbocycles. The monoisotopic (exact) mass is 445 g/mol. The molecule has 2 aromatic carbocycles. The summed E-state index contributed by atoms with van der Waals surface area (Å²) in [5.41, 5.74) is 2.72. The van der Waals surface area contributed by atoms with E-state index in [-0.39, 0.29) is 11.7 Å². The van der Waals surface area contributed by atoms with E-state index in [4.69, 9.17) is 4.74 Å². The highest BCUT2D eigenvalue weighted by Crippen LogP contribution is 2.25. The van der Waals surface area contributed by atoms with E-state index in [1.54, 1.807) is 24.5 Å². The molecule has 0 spiro atoms. The number of hydrogen-bond donors (Lipinski definition) is 1. The van der Waals surface area contributed by atoms with Gasteiger partial charge in [0.15, 0.2) is 5.16 Å². The van der Waals surface area contributed by atoms with Crippen molar-refractivity contribution in [2.24, 2.45) is 0 Å². The van der Waals surface area contributed by atoms with Crippen molar-refractivity contribution in [3.63, 3.8) is 0 Å². The van der Waals surface area contributed by atoms with E-state index in [1.807, 2.05) is 54.0 Å². The SMILES string of the molecule is CCOc1ccc(-n2c(Cc3ccccc3)nnc2SCC(=O)Nc2cccnc2)cc1. The van der Waals surface area contributed by atoms with Gasteiger partial charge in [-0.05, 0) is 48.9 Å². The van der Waals surface area contributed by atoms with Gasteiger partial charge in [-0.25, -0.2) is 0 Å². The summed E-state index contributed by atoms with van der Waals surface area (Å²) in [6.07, 6.45) is 3.91. The number of benzene rings is 2. The molecule has 2 aromatic heterocycles. The maximum atomic E-state index is 12.4. The lowest BCUT2D eigenvalue weighted by atomic mass is 10.1. The summed E-state index contributed by atoms with van der Waals surface area (Å²) >= 11 is 1.34. The Hall–Kier alpha value is -3.65. The summed E-state index contributed by atoms with van der Waals surface area (Å²) in [5.74, 6) is 1.68. The maximum absolute atomic E-state index is 12.4. The van der Waals surface area contributed by atoms with Crippen LogP contribution in [0.2, 0.25) is 0 Å². The van der Waals surface area contributed by atoms with Gasteiger partial charge in [-0.2, -0.15) is 0 Å². The minimum Gasteiger partial charge on any atom is -0.494 e. The lowest BCUT2D eigenvalue weighted by Crippen LogP contribution is -2.14. The zero-order valence-corrected chi connectivity index (χ0v) is 18.5. The average molecular weight is 446 g/mol. The van der Waals surface area contributed by atoms with Crippen molar-refractivity contribution < 1.29 is 9.53 Å². The predicted molar refractivity (Wildman–Crippen MR) is 125 cm³/mol. The van der Waals surface area contributed by atoms with Gasteiger partial charge in [0, 0.05) is 18.3 Å². The lowest BCUT2D eigenvalue weighted by Gasteiger charge is -2.11. The highest BCUT2D eigenvalue weighted by molar-refractivity contribution is 7.99. The molecule has 0 bridgehead atoms. The van der Waals surface area contributed by atoms with E-state index < -0.39 is 0 Å². The molecule has 4 aromatic rings. The quantitative estimate of drug-likeness (QED) is 0.385. The summed E-state index contributed by atoms with van der Waals surface area (Å²) in [7, 11) is 0. The van der Waals surface area contributed by atoms with E-state index in [1.165, 1.54) is 11.8 Å². The molecule has 4 rings (SSSR count). The molecule has 0 aliphatic heterocycles. The molecule has 1 amide bonds. The highest BCUT2D eigenvalue weighted by Gasteiger charge is 2.16. The molecule has 0 aliphatic carbocycles. The number of nitrogens with one attached hydrogen (secondary N) is 1. The van der Waals surface area contributed by atoms with Crippen LogP contribution in [-0.4, -0.2) is 38.0 Å². The Morgan fingerprint density at radius 1 is 1.03 bits per heavy atom. The molecule has 162 valence electrons. The molecule has 0 saturated heterocycles. The minimum atomic E-state index is -0.131. The Labute approximate surface area is 190 Å². The van der Waals surface area contributed by atoms with Crippen molar-refractivity contribution in [2.45, 2.75) is 18.5 Å². The molecule has 0 atom stereocenters. The van der Waals surface area contributed by atoms with Gasteiger partial charge in [-0.1, -0.05) is 42.1 Å². The number of anilines is 1. The van der Waals surface area contributed by atoms with Gasteiger partial charge in [0.2, 0.25) is 5.91 Å². The summed E-state index contributed by atoms with van der Waals surface area (Å²) in [4.78, 5) is 16.4. The molecule has 2 heterocycles. The fraction of sp³-hybridized carbons (Fsp3) is 0.167. The number of aromatic nitrogens is 4. The van der Waals surface area contributed by atoms with Gasteiger partial charge in [0.1, 0.15) is 11.6 Å². The van der Waals surface area contributed by atoms with Crippen LogP contribution in [0.15, 0.2) is 84.3 Å². The Morgan fingerprint density at radius 2 is 1.84 bits per heavy atom. The average Bonchev–Trinajstić information content (AvgIpc) is 3.22. The van der Waals surface area contributed by atoms with E-state index in [0.717, 1.165) is 22.8 Å². The van der Waals surface area contributed by atoms with Gasteiger partial charge in [-0.3, -0.25) is 14.3 Å². The second kappa shape index (κ2) is 10.6. The Balaban J connectivity index is 1.56. The molecule has 0 aliphatic rings. The number of pyridine rings is 1. The van der Waals surface area contributed by atoms with Crippen molar-refractivity contribution >= 4 is 23.4 Å². The Bertz CT molecular complexity index is 1150. The molecule has 1 N–H and O–H groups in total. The van der Waals surface area contributed by atoms with Crippen molar-refractivity contribution in [1.82, 2.24) is 19.7 Å². The van der Waals surface area contributed by atoms with E-state index >= 15 is 0 Å². The largest absolute Gasteiger partial charge is 0.494 e. The smallest absolute Gasteiger partial charge is 0.234 e. The first-order valence-corrected chi connectivity index (χ1v) is 11.3. The molecule has 8 heteroatoms.